The number of amides is 1. The van der Waals surface area contributed by atoms with E-state index in [1.165, 1.54) is 12.3 Å². The van der Waals surface area contributed by atoms with Crippen LogP contribution in [-0.4, -0.2) is 23.8 Å². The number of halogens is 1. The lowest BCUT2D eigenvalue weighted by Gasteiger charge is -2.19. The number of aromatic nitrogens is 1. The first-order valence-electron chi connectivity index (χ1n) is 9.83. The summed E-state index contributed by atoms with van der Waals surface area (Å²) in [6, 6.07) is 8.77. The molecule has 0 unspecified atom stereocenters. The first kappa shape index (κ1) is 21.7. The molecule has 1 amide bonds. The normalized spacial score (nSPS) is 11.7. The number of aryl methyl sites for hydroxylation is 2. The molecule has 2 aromatic carbocycles. The SMILES string of the molecule is COCc1c(C)c2cc(NC(=O)C(C)(C)C)c(C=N)cc2n1-c1ccc(F)c(C)c1. The van der Waals surface area contributed by atoms with E-state index >= 15 is 0 Å². The zero-order chi connectivity index (χ0) is 22.2. The van der Waals surface area contributed by atoms with Gasteiger partial charge in [0.2, 0.25) is 5.91 Å². The third-order valence-corrected chi connectivity index (χ3v) is 5.28. The van der Waals surface area contributed by atoms with E-state index in [0.29, 0.717) is 23.4 Å². The number of carbonyl (C=O) groups is 1. The standard InChI is InChI=1S/C24H28FN3O2/c1-14-9-17(7-8-19(14)25)28-21-10-16(12-26)20(27-23(29)24(3,4)5)11-18(21)15(2)22(28)13-30-6/h7-12,26H,13H2,1-6H3,(H,27,29). The number of ether oxygens (including phenoxy) is 1. The molecule has 30 heavy (non-hydrogen) atoms. The second-order valence-electron chi connectivity index (χ2n) is 8.58. The molecular formula is C24H28FN3O2. The molecule has 3 rings (SSSR count). The Morgan fingerprint density at radius 3 is 2.50 bits per heavy atom. The molecule has 0 aliphatic heterocycles. The predicted octanol–water partition coefficient (Wildman–Crippen LogP) is 5.52. The molecule has 1 heterocycles. The first-order chi connectivity index (χ1) is 14.1. The lowest BCUT2D eigenvalue weighted by atomic mass is 9.95. The second kappa shape index (κ2) is 8.03. The van der Waals surface area contributed by atoms with Crippen LogP contribution in [0, 0.1) is 30.5 Å². The number of hydrogen-bond acceptors (Lipinski definition) is 3. The summed E-state index contributed by atoms with van der Waals surface area (Å²) in [7, 11) is 1.63. The Morgan fingerprint density at radius 1 is 1.23 bits per heavy atom. The number of benzene rings is 2. The molecule has 6 heteroatoms. The van der Waals surface area contributed by atoms with Gasteiger partial charge in [0.1, 0.15) is 5.82 Å². The molecule has 0 saturated carbocycles. The molecular weight excluding hydrogens is 381 g/mol. The van der Waals surface area contributed by atoms with Crippen molar-refractivity contribution >= 4 is 28.7 Å². The molecule has 2 N–H and O–H groups in total. The maximum atomic E-state index is 13.9. The van der Waals surface area contributed by atoms with Crippen molar-refractivity contribution in [1.82, 2.24) is 4.57 Å². The van der Waals surface area contributed by atoms with E-state index in [1.807, 2.05) is 44.4 Å². The Labute approximate surface area is 176 Å². The maximum Gasteiger partial charge on any atom is 0.229 e. The van der Waals surface area contributed by atoms with Crippen LogP contribution in [0.1, 0.15) is 43.2 Å². The summed E-state index contributed by atoms with van der Waals surface area (Å²) in [6.45, 7) is 9.65. The molecule has 0 aliphatic carbocycles. The van der Waals surface area contributed by atoms with Crippen LogP contribution in [0.5, 0.6) is 0 Å². The van der Waals surface area contributed by atoms with Crippen LogP contribution in [0.4, 0.5) is 10.1 Å². The molecule has 158 valence electrons. The van der Waals surface area contributed by atoms with Crippen LogP contribution < -0.4 is 5.32 Å². The van der Waals surface area contributed by atoms with Crippen LogP contribution in [0.2, 0.25) is 0 Å². The summed E-state index contributed by atoms with van der Waals surface area (Å²) in [4.78, 5) is 12.5. The van der Waals surface area contributed by atoms with Gasteiger partial charge in [-0.15, -0.1) is 0 Å². The molecule has 1 aromatic heterocycles. The van der Waals surface area contributed by atoms with Crippen molar-refractivity contribution in [1.29, 1.82) is 5.41 Å². The van der Waals surface area contributed by atoms with Crippen molar-refractivity contribution < 1.29 is 13.9 Å². The van der Waals surface area contributed by atoms with Crippen molar-refractivity contribution in [2.24, 2.45) is 5.41 Å². The summed E-state index contributed by atoms with van der Waals surface area (Å²) in [5.41, 5.74) is 4.84. The van der Waals surface area contributed by atoms with Gasteiger partial charge in [0.05, 0.1) is 23.5 Å². The van der Waals surface area contributed by atoms with Gasteiger partial charge in [-0.3, -0.25) is 4.79 Å². The van der Waals surface area contributed by atoms with E-state index in [-0.39, 0.29) is 11.7 Å². The van der Waals surface area contributed by atoms with Crippen molar-refractivity contribution in [3.8, 4) is 5.69 Å². The molecule has 5 nitrogen and oxygen atoms in total. The average molecular weight is 410 g/mol. The Balaban J connectivity index is 2.29. The number of hydrogen-bond donors (Lipinski definition) is 2. The fourth-order valence-corrected chi connectivity index (χ4v) is 3.47. The van der Waals surface area contributed by atoms with Crippen LogP contribution in [-0.2, 0) is 16.1 Å². The van der Waals surface area contributed by atoms with Crippen molar-refractivity contribution in [2.75, 3.05) is 12.4 Å². The van der Waals surface area contributed by atoms with Crippen molar-refractivity contribution in [3.63, 3.8) is 0 Å². The number of carbonyl (C=O) groups excluding carboxylic acids is 1. The highest BCUT2D eigenvalue weighted by molar-refractivity contribution is 6.04. The third-order valence-electron chi connectivity index (χ3n) is 5.28. The number of nitrogens with zero attached hydrogens (tertiary/aromatic N) is 1. The lowest BCUT2D eigenvalue weighted by Crippen LogP contribution is -2.28. The fraction of sp³-hybridized carbons (Fsp3) is 0.333. The Morgan fingerprint density at radius 2 is 1.93 bits per heavy atom. The predicted molar refractivity (Wildman–Crippen MR) is 119 cm³/mol. The van der Waals surface area contributed by atoms with Gasteiger partial charge in [0.25, 0.3) is 0 Å². The van der Waals surface area contributed by atoms with E-state index in [2.05, 4.69) is 5.32 Å². The van der Waals surface area contributed by atoms with E-state index < -0.39 is 5.41 Å². The van der Waals surface area contributed by atoms with Gasteiger partial charge in [-0.05, 0) is 55.3 Å². The highest BCUT2D eigenvalue weighted by Crippen LogP contribution is 2.34. The van der Waals surface area contributed by atoms with E-state index in [1.54, 1.807) is 26.2 Å². The fourth-order valence-electron chi connectivity index (χ4n) is 3.47. The van der Waals surface area contributed by atoms with Gasteiger partial charge >= 0.3 is 0 Å². The molecule has 0 bridgehead atoms. The summed E-state index contributed by atoms with van der Waals surface area (Å²) < 4.78 is 21.3. The van der Waals surface area contributed by atoms with Gasteiger partial charge in [0.15, 0.2) is 0 Å². The molecule has 0 spiro atoms. The van der Waals surface area contributed by atoms with Gasteiger partial charge in [-0.1, -0.05) is 20.8 Å². The Kier molecular flexibility index (Phi) is 5.81. The number of rotatable bonds is 5. The number of nitrogens with one attached hydrogen (secondary N) is 2. The van der Waals surface area contributed by atoms with Gasteiger partial charge in [-0.25, -0.2) is 4.39 Å². The zero-order valence-corrected chi connectivity index (χ0v) is 18.3. The summed E-state index contributed by atoms with van der Waals surface area (Å²) in [5.74, 6) is -0.374. The number of anilines is 1. The number of fused-ring (bicyclic) bond motifs is 1. The minimum atomic E-state index is -0.553. The Bertz CT molecular complexity index is 1140. The van der Waals surface area contributed by atoms with Crippen molar-refractivity contribution in [3.05, 3.63) is 58.5 Å². The topological polar surface area (TPSA) is 67.1 Å². The molecule has 0 saturated heterocycles. The van der Waals surface area contributed by atoms with Gasteiger partial charge < -0.3 is 20.0 Å². The zero-order valence-electron chi connectivity index (χ0n) is 18.3. The highest BCUT2D eigenvalue weighted by Gasteiger charge is 2.23. The van der Waals surface area contributed by atoms with Crippen LogP contribution in [0.15, 0.2) is 30.3 Å². The lowest BCUT2D eigenvalue weighted by molar-refractivity contribution is -0.123. The third kappa shape index (κ3) is 3.87. The quantitative estimate of drug-likeness (QED) is 0.545. The summed E-state index contributed by atoms with van der Waals surface area (Å²) in [5, 5.41) is 11.8. The smallest absolute Gasteiger partial charge is 0.229 e. The largest absolute Gasteiger partial charge is 0.378 e. The van der Waals surface area contributed by atoms with Crippen molar-refractivity contribution in [2.45, 2.75) is 41.2 Å². The minimum absolute atomic E-state index is 0.117. The van der Waals surface area contributed by atoms with Crippen LogP contribution in [0.25, 0.3) is 16.6 Å². The van der Waals surface area contributed by atoms with Gasteiger partial charge in [0, 0.05) is 35.4 Å². The highest BCUT2D eigenvalue weighted by atomic mass is 19.1. The van der Waals surface area contributed by atoms with E-state index in [9.17, 15) is 9.18 Å². The maximum absolute atomic E-state index is 13.9. The molecule has 0 atom stereocenters. The molecule has 0 radical (unpaired) electrons. The molecule has 0 aliphatic rings. The Hall–Kier alpha value is -2.99. The van der Waals surface area contributed by atoms with Gasteiger partial charge in [-0.2, -0.15) is 0 Å². The molecule has 0 fully saturated rings. The monoisotopic (exact) mass is 409 g/mol. The van der Waals surface area contributed by atoms with E-state index in [4.69, 9.17) is 10.1 Å². The van der Waals surface area contributed by atoms with Crippen LogP contribution >= 0.6 is 0 Å². The molecule has 3 aromatic rings. The second-order valence-corrected chi connectivity index (χ2v) is 8.58. The number of methoxy groups -OCH3 is 1. The minimum Gasteiger partial charge on any atom is -0.378 e. The summed E-state index contributed by atoms with van der Waals surface area (Å²) >= 11 is 0. The van der Waals surface area contributed by atoms with E-state index in [0.717, 1.165) is 27.8 Å². The average Bonchev–Trinajstić information content (AvgIpc) is 2.94. The van der Waals surface area contributed by atoms with Crippen LogP contribution in [0.3, 0.4) is 0 Å². The summed E-state index contributed by atoms with van der Waals surface area (Å²) in [6.07, 6.45) is 1.23. The first-order valence-corrected chi connectivity index (χ1v) is 9.83.